The SMILES string of the molecule is CCc1ccc[c]c1N1CCNC(C(C)=O)C1. The Labute approximate surface area is 103 Å². The quantitative estimate of drug-likeness (QED) is 0.854. The van der Waals surface area contributed by atoms with Gasteiger partial charge >= 0.3 is 0 Å². The van der Waals surface area contributed by atoms with Gasteiger partial charge in [0.15, 0.2) is 0 Å². The number of nitrogens with one attached hydrogen (secondary N) is 1. The van der Waals surface area contributed by atoms with E-state index in [0.29, 0.717) is 0 Å². The highest BCUT2D eigenvalue weighted by Crippen LogP contribution is 2.21. The van der Waals surface area contributed by atoms with Crippen molar-refractivity contribution < 1.29 is 4.79 Å². The molecule has 1 aromatic carbocycles. The summed E-state index contributed by atoms with van der Waals surface area (Å²) in [5.74, 6) is 0.212. The molecule has 0 aromatic heterocycles. The molecule has 0 aliphatic carbocycles. The largest absolute Gasteiger partial charge is 0.368 e. The third-order valence-electron chi connectivity index (χ3n) is 3.28. The number of para-hydroxylation sites is 1. The van der Waals surface area contributed by atoms with Gasteiger partial charge in [-0.2, -0.15) is 0 Å². The van der Waals surface area contributed by atoms with Gasteiger partial charge in [0, 0.05) is 31.4 Å². The Bertz CT molecular complexity index is 403. The second-order valence-electron chi connectivity index (χ2n) is 4.46. The van der Waals surface area contributed by atoms with Gasteiger partial charge in [0.05, 0.1) is 6.04 Å². The summed E-state index contributed by atoms with van der Waals surface area (Å²) in [5.41, 5.74) is 2.46. The number of anilines is 1. The van der Waals surface area contributed by atoms with Gasteiger partial charge in [-0.05, 0) is 18.9 Å². The Hall–Kier alpha value is -1.35. The number of aryl methyl sites for hydroxylation is 1. The zero-order valence-electron chi connectivity index (χ0n) is 10.5. The Morgan fingerprint density at radius 2 is 2.47 bits per heavy atom. The number of hydrogen-bond acceptors (Lipinski definition) is 3. The summed E-state index contributed by atoms with van der Waals surface area (Å²) in [6, 6.07) is 9.36. The maximum Gasteiger partial charge on any atom is 0.148 e. The molecule has 1 radical (unpaired) electrons. The fourth-order valence-electron chi connectivity index (χ4n) is 2.27. The van der Waals surface area contributed by atoms with E-state index < -0.39 is 0 Å². The molecule has 0 amide bonds. The molecule has 1 saturated heterocycles. The van der Waals surface area contributed by atoms with Gasteiger partial charge in [0.2, 0.25) is 0 Å². The minimum Gasteiger partial charge on any atom is -0.368 e. The summed E-state index contributed by atoms with van der Waals surface area (Å²) in [6.45, 7) is 6.35. The van der Waals surface area contributed by atoms with Gasteiger partial charge in [0.25, 0.3) is 0 Å². The van der Waals surface area contributed by atoms with Gasteiger partial charge in [-0.15, -0.1) is 0 Å². The lowest BCUT2D eigenvalue weighted by Gasteiger charge is -2.35. The van der Waals surface area contributed by atoms with Crippen LogP contribution in [0.1, 0.15) is 19.4 Å². The molecule has 1 aromatic rings. The molecule has 1 heterocycles. The molecule has 1 fully saturated rings. The molecule has 3 heteroatoms. The van der Waals surface area contributed by atoms with Crippen molar-refractivity contribution in [2.75, 3.05) is 24.5 Å². The van der Waals surface area contributed by atoms with E-state index in [0.717, 1.165) is 31.7 Å². The van der Waals surface area contributed by atoms with Crippen molar-refractivity contribution in [3.05, 3.63) is 29.8 Å². The summed E-state index contributed by atoms with van der Waals surface area (Å²) in [5, 5.41) is 3.25. The Kier molecular flexibility index (Phi) is 3.79. The van der Waals surface area contributed by atoms with E-state index in [9.17, 15) is 4.79 Å². The first kappa shape index (κ1) is 12.1. The highest BCUT2D eigenvalue weighted by atomic mass is 16.1. The molecule has 1 unspecified atom stereocenters. The molecule has 0 bridgehead atoms. The molecule has 1 aliphatic heterocycles. The summed E-state index contributed by atoms with van der Waals surface area (Å²) >= 11 is 0. The molecule has 91 valence electrons. The van der Waals surface area contributed by atoms with Crippen molar-refractivity contribution in [1.29, 1.82) is 0 Å². The maximum atomic E-state index is 11.4. The number of nitrogens with zero attached hydrogens (tertiary/aromatic N) is 1. The summed E-state index contributed by atoms with van der Waals surface area (Å²) in [7, 11) is 0. The van der Waals surface area contributed by atoms with Crippen LogP contribution in [0, 0.1) is 6.07 Å². The zero-order valence-corrected chi connectivity index (χ0v) is 10.5. The minimum atomic E-state index is -0.0398. The van der Waals surface area contributed by atoms with Crippen LogP contribution >= 0.6 is 0 Å². The van der Waals surface area contributed by atoms with E-state index in [4.69, 9.17) is 0 Å². The Balaban J connectivity index is 2.18. The number of piperazine rings is 1. The number of carbonyl (C=O) groups is 1. The van der Waals surface area contributed by atoms with Gasteiger partial charge in [-0.3, -0.25) is 4.79 Å². The smallest absolute Gasteiger partial charge is 0.148 e. The monoisotopic (exact) mass is 231 g/mol. The van der Waals surface area contributed by atoms with Crippen LogP contribution in [0.2, 0.25) is 0 Å². The van der Waals surface area contributed by atoms with Gasteiger partial charge in [-0.1, -0.05) is 25.1 Å². The van der Waals surface area contributed by atoms with Crippen LogP contribution in [0.3, 0.4) is 0 Å². The molecule has 0 spiro atoms. The number of ketones is 1. The minimum absolute atomic E-state index is 0.0398. The highest BCUT2D eigenvalue weighted by molar-refractivity contribution is 5.82. The lowest BCUT2D eigenvalue weighted by Crippen LogP contribution is -2.54. The fourth-order valence-corrected chi connectivity index (χ4v) is 2.27. The Morgan fingerprint density at radius 1 is 1.65 bits per heavy atom. The lowest BCUT2D eigenvalue weighted by atomic mass is 10.1. The van der Waals surface area contributed by atoms with Crippen LogP contribution < -0.4 is 10.2 Å². The van der Waals surface area contributed by atoms with E-state index >= 15 is 0 Å². The van der Waals surface area contributed by atoms with Crippen molar-refractivity contribution >= 4 is 11.5 Å². The molecule has 1 aliphatic rings. The van der Waals surface area contributed by atoms with Crippen LogP contribution in [0.15, 0.2) is 18.2 Å². The van der Waals surface area contributed by atoms with Crippen molar-refractivity contribution in [2.24, 2.45) is 0 Å². The second-order valence-corrected chi connectivity index (χ2v) is 4.46. The number of Topliss-reactive ketones (excluding diaryl/α,β-unsaturated/α-hetero) is 1. The molecule has 1 atom stereocenters. The number of rotatable bonds is 3. The standard InChI is InChI=1S/C14H19N2O/c1-3-12-6-4-5-7-14(12)16-9-8-15-13(10-16)11(2)17/h4-6,13,15H,3,8-10H2,1-2H3. The van der Waals surface area contributed by atoms with Crippen LogP contribution in [-0.2, 0) is 11.2 Å². The third-order valence-corrected chi connectivity index (χ3v) is 3.28. The Morgan fingerprint density at radius 3 is 3.18 bits per heavy atom. The summed E-state index contributed by atoms with van der Waals surface area (Å²) in [4.78, 5) is 13.7. The molecular weight excluding hydrogens is 212 g/mol. The van der Waals surface area contributed by atoms with Gasteiger partial charge in [-0.25, -0.2) is 0 Å². The maximum absolute atomic E-state index is 11.4. The average Bonchev–Trinajstić information content (AvgIpc) is 2.39. The van der Waals surface area contributed by atoms with Crippen LogP contribution in [-0.4, -0.2) is 31.5 Å². The van der Waals surface area contributed by atoms with Crippen LogP contribution in [0.4, 0.5) is 5.69 Å². The number of carbonyl (C=O) groups excluding carboxylic acids is 1. The number of hydrogen-bond donors (Lipinski definition) is 1. The zero-order chi connectivity index (χ0) is 12.3. The molecule has 3 nitrogen and oxygen atoms in total. The first-order valence-corrected chi connectivity index (χ1v) is 6.20. The van der Waals surface area contributed by atoms with Crippen molar-refractivity contribution in [1.82, 2.24) is 5.32 Å². The van der Waals surface area contributed by atoms with Crippen molar-refractivity contribution in [3.8, 4) is 0 Å². The van der Waals surface area contributed by atoms with E-state index in [1.54, 1.807) is 6.92 Å². The molecule has 0 saturated carbocycles. The average molecular weight is 231 g/mol. The van der Waals surface area contributed by atoms with E-state index in [-0.39, 0.29) is 11.8 Å². The number of benzene rings is 1. The van der Waals surface area contributed by atoms with Crippen LogP contribution in [0.25, 0.3) is 0 Å². The lowest BCUT2D eigenvalue weighted by molar-refractivity contribution is -0.118. The fraction of sp³-hybridized carbons (Fsp3) is 0.500. The topological polar surface area (TPSA) is 32.3 Å². The first-order valence-electron chi connectivity index (χ1n) is 6.20. The molecular formula is C14H19N2O. The van der Waals surface area contributed by atoms with Crippen molar-refractivity contribution in [3.63, 3.8) is 0 Å². The van der Waals surface area contributed by atoms with E-state index in [2.05, 4.69) is 29.3 Å². The van der Waals surface area contributed by atoms with Gasteiger partial charge in [0.1, 0.15) is 5.78 Å². The third kappa shape index (κ3) is 2.67. The van der Waals surface area contributed by atoms with Crippen molar-refractivity contribution in [2.45, 2.75) is 26.3 Å². The summed E-state index contributed by atoms with van der Waals surface area (Å²) in [6.07, 6.45) is 1.00. The summed E-state index contributed by atoms with van der Waals surface area (Å²) < 4.78 is 0. The molecule has 1 N–H and O–H groups in total. The van der Waals surface area contributed by atoms with Crippen LogP contribution in [0.5, 0.6) is 0 Å². The predicted octanol–water partition coefficient (Wildman–Crippen LogP) is 1.42. The first-order chi connectivity index (χ1) is 8.22. The molecule has 2 rings (SSSR count). The van der Waals surface area contributed by atoms with Gasteiger partial charge < -0.3 is 10.2 Å². The molecule has 17 heavy (non-hydrogen) atoms. The highest BCUT2D eigenvalue weighted by Gasteiger charge is 2.23. The normalized spacial score (nSPS) is 20.4. The second kappa shape index (κ2) is 5.32. The van der Waals surface area contributed by atoms with E-state index in [1.807, 2.05) is 12.1 Å². The predicted molar refractivity (Wildman–Crippen MR) is 69.3 cm³/mol. The van der Waals surface area contributed by atoms with E-state index in [1.165, 1.54) is 5.56 Å².